The second-order valence-corrected chi connectivity index (χ2v) is 16.6. The number of nitriles is 1. The van der Waals surface area contributed by atoms with E-state index < -0.39 is 22.3 Å². The highest BCUT2D eigenvalue weighted by Crippen LogP contribution is 2.72. The molecule has 4 rings (SSSR count). The molecule has 7 heteroatoms. The van der Waals surface area contributed by atoms with Gasteiger partial charge in [-0.3, -0.25) is 14.4 Å². The van der Waals surface area contributed by atoms with Crippen LogP contribution in [0.2, 0.25) is 0 Å². The van der Waals surface area contributed by atoms with Crippen LogP contribution in [0.5, 0.6) is 0 Å². The number of nitrogens with one attached hydrogen (secondary N) is 1. The summed E-state index contributed by atoms with van der Waals surface area (Å²) >= 11 is 0. The van der Waals surface area contributed by atoms with Gasteiger partial charge in [-0.05, 0) is 92.6 Å². The maximum Gasteiger partial charge on any atom is 0.226 e. The summed E-state index contributed by atoms with van der Waals surface area (Å²) in [7, 11) is 0. The van der Waals surface area contributed by atoms with Crippen molar-refractivity contribution in [2.75, 3.05) is 13.1 Å². The Labute approximate surface area is 265 Å². The molecule has 1 unspecified atom stereocenters. The van der Waals surface area contributed by atoms with E-state index in [1.54, 1.807) is 0 Å². The summed E-state index contributed by atoms with van der Waals surface area (Å²) in [5, 5.41) is 23.3. The largest absolute Gasteiger partial charge is 0.393 e. The molecule has 244 valence electrons. The van der Waals surface area contributed by atoms with Gasteiger partial charge in [0.05, 0.1) is 11.7 Å². The standard InChI is InChI=1S/C37H57N3O4/c1-9-32(2,3)14-16-37(31(44)40-19-12-25(41)11-18-38)17-15-35(7)26(22-37)27(42)20-29-34(6)21-24(23-39)30(43)33(4,5)28(34)10-13-36(29,35)8/h20-21,25-26,28,41H,9-19,22,38H2,1-8H3,(H,40,44)/t25?,26-,28-,34-,35+,36+,37-/m0/s1. The zero-order valence-corrected chi connectivity index (χ0v) is 28.6. The Kier molecular flexibility index (Phi) is 9.28. The molecule has 2 saturated carbocycles. The summed E-state index contributed by atoms with van der Waals surface area (Å²) in [4.78, 5) is 41.7. The van der Waals surface area contributed by atoms with E-state index in [-0.39, 0.29) is 51.1 Å². The molecule has 7 atom stereocenters. The van der Waals surface area contributed by atoms with Gasteiger partial charge in [-0.2, -0.15) is 5.26 Å². The minimum Gasteiger partial charge on any atom is -0.393 e. The highest BCUT2D eigenvalue weighted by Gasteiger charge is 2.67. The minimum atomic E-state index is -0.693. The van der Waals surface area contributed by atoms with Gasteiger partial charge in [-0.15, -0.1) is 0 Å². The zero-order valence-electron chi connectivity index (χ0n) is 28.6. The Morgan fingerprint density at radius 3 is 2.45 bits per heavy atom. The first-order chi connectivity index (χ1) is 20.4. The summed E-state index contributed by atoms with van der Waals surface area (Å²) in [5.74, 6) is -0.304. The van der Waals surface area contributed by atoms with E-state index >= 15 is 0 Å². The van der Waals surface area contributed by atoms with Gasteiger partial charge in [0, 0.05) is 28.7 Å². The fourth-order valence-electron chi connectivity index (χ4n) is 9.69. The summed E-state index contributed by atoms with van der Waals surface area (Å²) < 4.78 is 0. The quantitative estimate of drug-likeness (QED) is 0.271. The molecule has 0 aromatic heterocycles. The van der Waals surface area contributed by atoms with Crippen LogP contribution in [-0.4, -0.2) is 41.8 Å². The van der Waals surface area contributed by atoms with Gasteiger partial charge in [-0.1, -0.05) is 73.5 Å². The lowest BCUT2D eigenvalue weighted by Crippen LogP contribution is -2.62. The monoisotopic (exact) mass is 607 g/mol. The highest BCUT2D eigenvalue weighted by atomic mass is 16.3. The number of carbonyl (C=O) groups excluding carboxylic acids is 3. The van der Waals surface area contributed by atoms with E-state index in [1.165, 1.54) is 0 Å². The first-order valence-electron chi connectivity index (χ1n) is 17.0. The van der Waals surface area contributed by atoms with Crippen LogP contribution in [0.15, 0.2) is 23.3 Å². The first-order valence-corrected chi connectivity index (χ1v) is 17.0. The van der Waals surface area contributed by atoms with Gasteiger partial charge in [0.15, 0.2) is 11.6 Å². The Morgan fingerprint density at radius 2 is 1.84 bits per heavy atom. The Bertz CT molecular complexity index is 1290. The van der Waals surface area contributed by atoms with Gasteiger partial charge >= 0.3 is 0 Å². The fourth-order valence-corrected chi connectivity index (χ4v) is 9.69. The maximum absolute atomic E-state index is 14.4. The maximum atomic E-state index is 14.4. The van der Waals surface area contributed by atoms with E-state index in [4.69, 9.17) is 5.73 Å². The number of allylic oxidation sites excluding steroid dienone is 4. The van der Waals surface area contributed by atoms with Crippen LogP contribution >= 0.6 is 0 Å². The van der Waals surface area contributed by atoms with Crippen LogP contribution in [0, 0.1) is 55.7 Å². The third kappa shape index (κ3) is 5.42. The number of aliphatic hydroxyl groups excluding tert-OH is 1. The van der Waals surface area contributed by atoms with Gasteiger partial charge in [0.1, 0.15) is 6.07 Å². The molecular weight excluding hydrogens is 550 g/mol. The molecule has 2 fully saturated rings. The number of ketones is 2. The Balaban J connectivity index is 1.73. The normalized spacial score (nSPS) is 37.0. The van der Waals surface area contributed by atoms with E-state index in [2.05, 4.69) is 52.9 Å². The number of nitrogens with zero attached hydrogens (tertiary/aromatic N) is 1. The van der Waals surface area contributed by atoms with E-state index in [0.717, 1.165) is 44.1 Å². The topological polar surface area (TPSA) is 133 Å². The third-order valence-corrected chi connectivity index (χ3v) is 13.5. The second kappa shape index (κ2) is 11.8. The highest BCUT2D eigenvalue weighted by molar-refractivity contribution is 6.04. The molecule has 1 amide bonds. The van der Waals surface area contributed by atoms with Crippen molar-refractivity contribution in [3.8, 4) is 6.07 Å². The molecule has 7 nitrogen and oxygen atoms in total. The minimum absolute atomic E-state index is 0.00365. The number of aliphatic hydroxyl groups is 1. The predicted octanol–water partition coefficient (Wildman–Crippen LogP) is 6.20. The lowest BCUT2D eigenvalue weighted by atomic mass is 9.36. The van der Waals surface area contributed by atoms with Crippen molar-refractivity contribution in [2.24, 2.45) is 50.1 Å². The molecule has 0 saturated heterocycles. The summed E-state index contributed by atoms with van der Waals surface area (Å²) in [6, 6.07) is 2.17. The molecule has 4 aliphatic rings. The van der Waals surface area contributed by atoms with E-state index in [0.29, 0.717) is 38.8 Å². The average Bonchev–Trinajstić information content (AvgIpc) is 2.96. The van der Waals surface area contributed by atoms with Crippen molar-refractivity contribution in [3.05, 3.63) is 23.3 Å². The van der Waals surface area contributed by atoms with E-state index in [1.807, 2.05) is 26.0 Å². The average molecular weight is 608 g/mol. The van der Waals surface area contributed by atoms with Crippen LogP contribution in [-0.2, 0) is 14.4 Å². The Hall–Kier alpha value is -2.30. The SMILES string of the molecule is CCC(C)(C)CC[C@]1(C(=O)NCCC(O)CCN)CC[C@]2(C)[C@@H](C1)C(=O)C=C1[C@@]3(C)C=C(C#N)C(=O)C(C)(C)[C@@H]3CC[C@]12C. The Morgan fingerprint density at radius 1 is 1.16 bits per heavy atom. The zero-order chi connectivity index (χ0) is 32.9. The van der Waals surface area contributed by atoms with Gasteiger partial charge < -0.3 is 16.2 Å². The number of nitrogens with two attached hydrogens (primary N) is 1. The number of carbonyl (C=O) groups is 3. The smallest absolute Gasteiger partial charge is 0.226 e. The molecule has 0 radical (unpaired) electrons. The molecular formula is C37H57N3O4. The lowest BCUT2D eigenvalue weighted by molar-refractivity contribution is -0.154. The van der Waals surface area contributed by atoms with Crippen molar-refractivity contribution in [1.82, 2.24) is 5.32 Å². The number of hydrogen-bond acceptors (Lipinski definition) is 6. The molecule has 0 bridgehead atoms. The molecule has 4 N–H and O–H groups in total. The molecule has 0 heterocycles. The number of amides is 1. The van der Waals surface area contributed by atoms with Crippen LogP contribution < -0.4 is 11.1 Å². The molecule has 4 aliphatic carbocycles. The van der Waals surface area contributed by atoms with Crippen LogP contribution in [0.4, 0.5) is 0 Å². The lowest BCUT2D eigenvalue weighted by Gasteiger charge is -2.66. The number of fused-ring (bicyclic) bond motifs is 5. The number of hydrogen-bond donors (Lipinski definition) is 3. The molecule has 0 aromatic carbocycles. The number of rotatable bonds is 10. The molecule has 0 aliphatic heterocycles. The van der Waals surface area contributed by atoms with Crippen LogP contribution in [0.1, 0.15) is 120 Å². The summed E-state index contributed by atoms with van der Waals surface area (Å²) in [6.45, 7) is 18.1. The second-order valence-electron chi connectivity index (χ2n) is 16.6. The van der Waals surface area contributed by atoms with Crippen LogP contribution in [0.25, 0.3) is 0 Å². The molecule has 0 spiro atoms. The van der Waals surface area contributed by atoms with E-state index in [9.17, 15) is 24.8 Å². The van der Waals surface area contributed by atoms with Gasteiger partial charge in [0.2, 0.25) is 5.91 Å². The van der Waals surface area contributed by atoms with Crippen molar-refractivity contribution >= 4 is 17.5 Å². The van der Waals surface area contributed by atoms with Gasteiger partial charge in [0.25, 0.3) is 0 Å². The van der Waals surface area contributed by atoms with Crippen molar-refractivity contribution in [1.29, 1.82) is 5.26 Å². The predicted molar refractivity (Wildman–Crippen MR) is 173 cm³/mol. The van der Waals surface area contributed by atoms with Crippen molar-refractivity contribution in [3.63, 3.8) is 0 Å². The van der Waals surface area contributed by atoms with Crippen LogP contribution in [0.3, 0.4) is 0 Å². The summed E-state index contributed by atoms with van der Waals surface area (Å²) in [6.07, 6.45) is 10.5. The van der Waals surface area contributed by atoms with Crippen molar-refractivity contribution in [2.45, 2.75) is 126 Å². The van der Waals surface area contributed by atoms with Gasteiger partial charge in [-0.25, -0.2) is 0 Å². The third-order valence-electron chi connectivity index (χ3n) is 13.5. The van der Waals surface area contributed by atoms with Crippen molar-refractivity contribution < 1.29 is 19.5 Å². The number of Topliss-reactive ketones (excluding diaryl/α,β-unsaturated/α-hetero) is 1. The first kappa shape index (κ1) is 34.6. The molecule has 44 heavy (non-hydrogen) atoms. The molecule has 0 aromatic rings. The summed E-state index contributed by atoms with van der Waals surface area (Å²) in [5.41, 5.74) is 4.38. The fraction of sp³-hybridized carbons (Fsp3) is 0.784.